The molecule has 1 fully saturated rings. The fraction of sp³-hybridized carbons (Fsp3) is 0.308. The van der Waals surface area contributed by atoms with Crippen LogP contribution in [0.15, 0.2) is 24.3 Å². The first-order valence-electron chi connectivity index (χ1n) is 5.86. The molecule has 19 heavy (non-hydrogen) atoms. The summed E-state index contributed by atoms with van der Waals surface area (Å²) in [4.78, 5) is 34.2. The third-order valence-corrected chi connectivity index (χ3v) is 3.17. The van der Waals surface area contributed by atoms with Gasteiger partial charge in [0.1, 0.15) is 5.54 Å². The van der Waals surface area contributed by atoms with E-state index < -0.39 is 23.4 Å². The van der Waals surface area contributed by atoms with Gasteiger partial charge in [-0.25, -0.2) is 4.79 Å². The minimum Gasteiger partial charge on any atom is -0.481 e. The van der Waals surface area contributed by atoms with Gasteiger partial charge >= 0.3 is 12.0 Å². The second-order valence-electron chi connectivity index (χ2n) is 4.58. The van der Waals surface area contributed by atoms with Crippen molar-refractivity contribution in [1.29, 1.82) is 0 Å². The Morgan fingerprint density at radius 3 is 2.63 bits per heavy atom. The Kier molecular flexibility index (Phi) is 3.25. The fourth-order valence-electron chi connectivity index (χ4n) is 2.22. The third kappa shape index (κ3) is 2.42. The lowest BCUT2D eigenvalue weighted by Crippen LogP contribution is -2.44. The lowest BCUT2D eigenvalue weighted by molar-refractivity contribution is -0.137. The number of carbonyl (C=O) groups is 3. The summed E-state index contributed by atoms with van der Waals surface area (Å²) in [6.45, 7) is 1.86. The minimum absolute atomic E-state index is 0.0172. The first-order valence-corrected chi connectivity index (χ1v) is 5.86. The van der Waals surface area contributed by atoms with Gasteiger partial charge in [-0.3, -0.25) is 14.9 Å². The molecule has 2 rings (SSSR count). The molecule has 0 spiro atoms. The second-order valence-corrected chi connectivity index (χ2v) is 4.58. The number of aryl methyl sites for hydroxylation is 1. The van der Waals surface area contributed by atoms with Crippen LogP contribution in [-0.4, -0.2) is 23.0 Å². The number of carbonyl (C=O) groups excluding carboxylic acids is 2. The highest BCUT2D eigenvalue weighted by Gasteiger charge is 2.47. The summed E-state index contributed by atoms with van der Waals surface area (Å²) in [7, 11) is 0. The Balaban J connectivity index is 2.42. The van der Waals surface area contributed by atoms with Crippen LogP contribution in [0, 0.1) is 6.92 Å². The first-order chi connectivity index (χ1) is 8.94. The van der Waals surface area contributed by atoms with Crippen LogP contribution < -0.4 is 10.6 Å². The van der Waals surface area contributed by atoms with Crippen molar-refractivity contribution < 1.29 is 19.5 Å². The molecule has 1 aliphatic rings. The number of urea groups is 1. The van der Waals surface area contributed by atoms with Crippen molar-refractivity contribution in [3.63, 3.8) is 0 Å². The average molecular weight is 262 g/mol. The SMILES string of the molecule is Cc1cccc(C2(CCC(=O)O)NC(=O)NC2=O)c1. The molecule has 1 heterocycles. The highest BCUT2D eigenvalue weighted by molar-refractivity contribution is 6.07. The molecule has 0 aromatic heterocycles. The topological polar surface area (TPSA) is 95.5 Å². The Morgan fingerprint density at radius 1 is 1.37 bits per heavy atom. The predicted molar refractivity (Wildman–Crippen MR) is 66.4 cm³/mol. The van der Waals surface area contributed by atoms with E-state index in [2.05, 4.69) is 10.6 Å². The number of carboxylic acids is 1. The Morgan fingerprint density at radius 2 is 2.11 bits per heavy atom. The van der Waals surface area contributed by atoms with Gasteiger partial charge in [0.15, 0.2) is 0 Å². The standard InChI is InChI=1S/C13H14N2O4/c1-8-3-2-4-9(7-8)13(6-5-10(16)17)11(18)14-12(19)15-13/h2-4,7H,5-6H2,1H3,(H,16,17)(H2,14,15,18,19). The van der Waals surface area contributed by atoms with Crippen LogP contribution in [0.1, 0.15) is 24.0 Å². The van der Waals surface area contributed by atoms with Crippen LogP contribution in [0.2, 0.25) is 0 Å². The summed E-state index contributed by atoms with van der Waals surface area (Å²) in [5.41, 5.74) is 0.236. The average Bonchev–Trinajstić information content (AvgIpc) is 2.62. The highest BCUT2D eigenvalue weighted by Crippen LogP contribution is 2.30. The van der Waals surface area contributed by atoms with E-state index >= 15 is 0 Å². The van der Waals surface area contributed by atoms with E-state index in [0.717, 1.165) is 5.56 Å². The number of hydrogen-bond acceptors (Lipinski definition) is 3. The van der Waals surface area contributed by atoms with Gasteiger partial charge in [-0.1, -0.05) is 29.8 Å². The van der Waals surface area contributed by atoms with E-state index in [1.807, 2.05) is 13.0 Å². The normalized spacial score (nSPS) is 21.9. The van der Waals surface area contributed by atoms with Crippen LogP contribution >= 0.6 is 0 Å². The van der Waals surface area contributed by atoms with E-state index in [-0.39, 0.29) is 12.8 Å². The molecule has 100 valence electrons. The molecular formula is C13H14N2O4. The van der Waals surface area contributed by atoms with Crippen LogP contribution in [0.25, 0.3) is 0 Å². The predicted octanol–water partition coefficient (Wildman–Crippen LogP) is 0.895. The molecule has 1 unspecified atom stereocenters. The summed E-state index contributed by atoms with van der Waals surface area (Å²) in [5, 5.41) is 13.5. The molecule has 0 bridgehead atoms. The molecule has 6 heteroatoms. The van der Waals surface area contributed by atoms with E-state index in [1.165, 1.54) is 0 Å². The van der Waals surface area contributed by atoms with Crippen LogP contribution in [0.3, 0.4) is 0 Å². The summed E-state index contributed by atoms with van der Waals surface area (Å²) in [5.74, 6) is -1.52. The number of amides is 3. The quantitative estimate of drug-likeness (QED) is 0.702. The zero-order valence-corrected chi connectivity index (χ0v) is 10.4. The van der Waals surface area contributed by atoms with Gasteiger partial charge in [0.25, 0.3) is 5.91 Å². The van der Waals surface area contributed by atoms with E-state index in [1.54, 1.807) is 18.2 Å². The maximum atomic E-state index is 12.0. The molecule has 1 aromatic rings. The van der Waals surface area contributed by atoms with Crippen molar-refractivity contribution in [3.05, 3.63) is 35.4 Å². The molecule has 1 aliphatic heterocycles. The summed E-state index contributed by atoms with van der Waals surface area (Å²) < 4.78 is 0. The van der Waals surface area contributed by atoms with Gasteiger partial charge in [0, 0.05) is 6.42 Å². The summed E-state index contributed by atoms with van der Waals surface area (Å²) in [6, 6.07) is 6.51. The third-order valence-electron chi connectivity index (χ3n) is 3.17. The second kappa shape index (κ2) is 4.72. The number of imide groups is 1. The van der Waals surface area contributed by atoms with Crippen molar-refractivity contribution in [2.24, 2.45) is 0 Å². The highest BCUT2D eigenvalue weighted by atomic mass is 16.4. The van der Waals surface area contributed by atoms with Gasteiger partial charge in [-0.05, 0) is 18.9 Å². The van der Waals surface area contributed by atoms with E-state index in [0.29, 0.717) is 5.56 Å². The van der Waals surface area contributed by atoms with Crippen LogP contribution in [-0.2, 0) is 15.1 Å². The van der Waals surface area contributed by atoms with Crippen LogP contribution in [0.4, 0.5) is 4.79 Å². The largest absolute Gasteiger partial charge is 0.481 e. The van der Waals surface area contributed by atoms with E-state index in [4.69, 9.17) is 5.11 Å². The Hall–Kier alpha value is -2.37. The number of carboxylic acid groups (broad SMARTS) is 1. The number of hydrogen-bond donors (Lipinski definition) is 3. The van der Waals surface area contributed by atoms with Gasteiger partial charge < -0.3 is 10.4 Å². The molecule has 0 radical (unpaired) electrons. The molecule has 3 N–H and O–H groups in total. The van der Waals surface area contributed by atoms with Crippen molar-refractivity contribution in [1.82, 2.24) is 10.6 Å². The van der Waals surface area contributed by atoms with Crippen molar-refractivity contribution in [2.45, 2.75) is 25.3 Å². The molecular weight excluding hydrogens is 248 g/mol. The molecule has 0 saturated carbocycles. The molecule has 1 atom stereocenters. The van der Waals surface area contributed by atoms with Crippen molar-refractivity contribution in [2.75, 3.05) is 0 Å². The van der Waals surface area contributed by atoms with Gasteiger partial charge in [0.05, 0.1) is 0 Å². The number of nitrogens with one attached hydrogen (secondary N) is 2. The van der Waals surface area contributed by atoms with Gasteiger partial charge in [-0.15, -0.1) is 0 Å². The zero-order valence-electron chi connectivity index (χ0n) is 10.4. The molecule has 1 aromatic carbocycles. The Bertz CT molecular complexity index is 555. The fourth-order valence-corrected chi connectivity index (χ4v) is 2.22. The molecule has 6 nitrogen and oxygen atoms in total. The smallest absolute Gasteiger partial charge is 0.322 e. The van der Waals surface area contributed by atoms with Crippen LogP contribution in [0.5, 0.6) is 0 Å². The number of benzene rings is 1. The monoisotopic (exact) mass is 262 g/mol. The summed E-state index contributed by atoms with van der Waals surface area (Å²) in [6.07, 6.45) is -0.189. The number of aliphatic carboxylic acids is 1. The molecule has 1 saturated heterocycles. The number of rotatable bonds is 4. The minimum atomic E-state index is -1.29. The summed E-state index contributed by atoms with van der Waals surface area (Å²) >= 11 is 0. The van der Waals surface area contributed by atoms with Gasteiger partial charge in [-0.2, -0.15) is 0 Å². The molecule has 3 amide bonds. The maximum Gasteiger partial charge on any atom is 0.322 e. The zero-order chi connectivity index (χ0) is 14.0. The maximum absolute atomic E-state index is 12.0. The first kappa shape index (κ1) is 13.1. The van der Waals surface area contributed by atoms with Crippen molar-refractivity contribution >= 4 is 17.9 Å². The van der Waals surface area contributed by atoms with E-state index in [9.17, 15) is 14.4 Å². The lowest BCUT2D eigenvalue weighted by atomic mass is 9.85. The molecule has 0 aliphatic carbocycles. The van der Waals surface area contributed by atoms with Gasteiger partial charge in [0.2, 0.25) is 0 Å². The lowest BCUT2D eigenvalue weighted by Gasteiger charge is -2.26. The van der Waals surface area contributed by atoms with Crippen molar-refractivity contribution in [3.8, 4) is 0 Å². The Labute approximate surface area is 109 Å².